The number of fused-ring (bicyclic) bond motifs is 1. The first-order valence-electron chi connectivity index (χ1n) is 7.35. The van der Waals surface area contributed by atoms with Crippen molar-refractivity contribution in [3.05, 3.63) is 48.0 Å². The highest BCUT2D eigenvalue weighted by molar-refractivity contribution is 6.28. The van der Waals surface area contributed by atoms with E-state index >= 15 is 0 Å². The molecule has 0 amide bonds. The van der Waals surface area contributed by atoms with E-state index in [1.54, 1.807) is 6.20 Å². The predicted molar refractivity (Wildman–Crippen MR) is 83.3 cm³/mol. The molecule has 21 heavy (non-hydrogen) atoms. The molecule has 3 aliphatic carbocycles. The summed E-state index contributed by atoms with van der Waals surface area (Å²) in [7, 11) is 0. The van der Waals surface area contributed by atoms with Crippen LogP contribution < -0.4 is 0 Å². The molecule has 4 heteroatoms. The van der Waals surface area contributed by atoms with E-state index in [1.165, 1.54) is 30.2 Å². The maximum absolute atomic E-state index is 5.96. The molecule has 2 heterocycles. The van der Waals surface area contributed by atoms with Gasteiger partial charge in [0.25, 0.3) is 0 Å². The number of hydrogen-bond donors (Lipinski definition) is 0. The van der Waals surface area contributed by atoms with Crippen LogP contribution in [0.25, 0.3) is 22.2 Å². The zero-order valence-corrected chi connectivity index (χ0v) is 12.2. The molecule has 0 atom stereocenters. The van der Waals surface area contributed by atoms with Gasteiger partial charge in [-0.05, 0) is 48.9 Å². The maximum atomic E-state index is 5.96. The van der Waals surface area contributed by atoms with Crippen LogP contribution in [-0.4, -0.2) is 14.5 Å². The zero-order chi connectivity index (χ0) is 14.0. The average molecular weight is 296 g/mol. The Kier molecular flexibility index (Phi) is 2.16. The molecule has 0 radical (unpaired) electrons. The first-order valence-corrected chi connectivity index (χ1v) is 7.72. The molecule has 1 aromatic carbocycles. The molecule has 3 aliphatic rings. The molecule has 3 fully saturated rings. The third-order valence-electron chi connectivity index (χ3n) is 5.13. The van der Waals surface area contributed by atoms with Gasteiger partial charge >= 0.3 is 0 Å². The van der Waals surface area contributed by atoms with Gasteiger partial charge in [-0.25, -0.2) is 9.97 Å². The summed E-state index contributed by atoms with van der Waals surface area (Å²) in [6.45, 7) is 0. The van der Waals surface area contributed by atoms with Crippen LogP contribution in [0.4, 0.5) is 0 Å². The van der Waals surface area contributed by atoms with E-state index in [9.17, 15) is 0 Å². The third-order valence-corrected chi connectivity index (χ3v) is 5.31. The Morgan fingerprint density at radius 2 is 1.95 bits per heavy atom. The Labute approximate surface area is 127 Å². The lowest BCUT2D eigenvalue weighted by Gasteiger charge is -2.62. The summed E-state index contributed by atoms with van der Waals surface area (Å²) in [6.07, 6.45) is 7.97. The van der Waals surface area contributed by atoms with Gasteiger partial charge in [0.15, 0.2) is 0 Å². The van der Waals surface area contributed by atoms with Gasteiger partial charge in [-0.2, -0.15) is 0 Å². The smallest absolute Gasteiger partial charge is 0.222 e. The van der Waals surface area contributed by atoms with Crippen LogP contribution in [0.15, 0.2) is 42.7 Å². The van der Waals surface area contributed by atoms with Crippen molar-refractivity contribution in [3.63, 3.8) is 0 Å². The fourth-order valence-corrected chi connectivity index (χ4v) is 4.14. The SMILES string of the molecule is Clc1nccc(-c2cn(C34CC(C3)C4)c3ccccc23)n1. The van der Waals surface area contributed by atoms with Crippen molar-refractivity contribution in [2.45, 2.75) is 24.8 Å². The van der Waals surface area contributed by atoms with Crippen LogP contribution in [0.5, 0.6) is 0 Å². The summed E-state index contributed by atoms with van der Waals surface area (Å²) in [5.74, 6) is 0.961. The Morgan fingerprint density at radius 1 is 1.14 bits per heavy atom. The van der Waals surface area contributed by atoms with Gasteiger partial charge in [0.1, 0.15) is 0 Å². The van der Waals surface area contributed by atoms with Crippen LogP contribution in [0, 0.1) is 5.92 Å². The second-order valence-electron chi connectivity index (χ2n) is 6.34. The molecule has 2 aromatic heterocycles. The number of rotatable bonds is 2. The molecule has 0 unspecified atom stereocenters. The van der Waals surface area contributed by atoms with Crippen LogP contribution in [0.2, 0.25) is 5.28 Å². The lowest BCUT2D eigenvalue weighted by atomic mass is 9.49. The molecule has 0 aliphatic heterocycles. The quantitative estimate of drug-likeness (QED) is 0.661. The highest BCUT2D eigenvalue weighted by atomic mass is 35.5. The minimum atomic E-state index is 0.301. The van der Waals surface area contributed by atoms with Crippen molar-refractivity contribution >= 4 is 22.5 Å². The van der Waals surface area contributed by atoms with Crippen molar-refractivity contribution in [2.75, 3.05) is 0 Å². The molecular weight excluding hydrogens is 282 g/mol. The Bertz CT molecular complexity index is 850. The van der Waals surface area contributed by atoms with E-state index in [-0.39, 0.29) is 0 Å². The largest absolute Gasteiger partial charge is 0.341 e. The van der Waals surface area contributed by atoms with Gasteiger partial charge in [-0.3, -0.25) is 0 Å². The maximum Gasteiger partial charge on any atom is 0.222 e. The molecule has 0 N–H and O–H groups in total. The molecule has 0 spiro atoms. The van der Waals surface area contributed by atoms with Crippen LogP contribution >= 0.6 is 11.6 Å². The third kappa shape index (κ3) is 1.50. The number of nitrogens with zero attached hydrogens (tertiary/aromatic N) is 3. The van der Waals surface area contributed by atoms with E-state index < -0.39 is 0 Å². The van der Waals surface area contributed by atoms with Gasteiger partial charge in [0, 0.05) is 34.4 Å². The highest BCUT2D eigenvalue weighted by Crippen LogP contribution is 2.63. The lowest BCUT2D eigenvalue weighted by Crippen LogP contribution is -2.58. The minimum absolute atomic E-state index is 0.301. The summed E-state index contributed by atoms with van der Waals surface area (Å²) in [6, 6.07) is 10.5. The van der Waals surface area contributed by atoms with Gasteiger partial charge < -0.3 is 4.57 Å². The standard InChI is InChI=1S/C17H14ClN3/c18-16-19-6-5-14(20-16)13-10-21(17-7-11(8-17)9-17)15-4-2-1-3-12(13)15/h1-6,10-11H,7-9H2. The van der Waals surface area contributed by atoms with Crippen molar-refractivity contribution in [1.29, 1.82) is 0 Å². The molecule has 6 rings (SSSR count). The van der Waals surface area contributed by atoms with Crippen LogP contribution in [-0.2, 0) is 5.54 Å². The minimum Gasteiger partial charge on any atom is -0.341 e. The fourth-order valence-electron chi connectivity index (χ4n) is 3.99. The predicted octanol–water partition coefficient (Wildman–Crippen LogP) is 4.26. The molecule has 0 saturated heterocycles. The zero-order valence-electron chi connectivity index (χ0n) is 11.5. The van der Waals surface area contributed by atoms with Crippen LogP contribution in [0.1, 0.15) is 19.3 Å². The second kappa shape index (κ2) is 3.86. The normalized spacial score (nSPS) is 26.4. The van der Waals surface area contributed by atoms with Gasteiger partial charge in [0.2, 0.25) is 5.28 Å². The van der Waals surface area contributed by atoms with E-state index in [1.807, 2.05) is 6.07 Å². The first-order chi connectivity index (χ1) is 10.3. The summed E-state index contributed by atoms with van der Waals surface area (Å²) < 4.78 is 2.48. The number of para-hydroxylation sites is 1. The van der Waals surface area contributed by atoms with E-state index in [4.69, 9.17) is 11.6 Å². The Hall–Kier alpha value is -1.87. The summed E-state index contributed by atoms with van der Waals surface area (Å²) >= 11 is 5.96. The number of hydrogen-bond acceptors (Lipinski definition) is 2. The number of halogens is 1. The molecule has 3 aromatic rings. The van der Waals surface area contributed by atoms with Gasteiger partial charge in [-0.15, -0.1) is 0 Å². The number of aromatic nitrogens is 3. The second-order valence-corrected chi connectivity index (χ2v) is 6.68. The van der Waals surface area contributed by atoms with Gasteiger partial charge in [-0.1, -0.05) is 18.2 Å². The van der Waals surface area contributed by atoms with Gasteiger partial charge in [0.05, 0.1) is 5.69 Å². The number of benzene rings is 1. The van der Waals surface area contributed by atoms with Crippen molar-refractivity contribution in [1.82, 2.24) is 14.5 Å². The average Bonchev–Trinajstić information content (AvgIpc) is 2.76. The summed E-state index contributed by atoms with van der Waals surface area (Å²) in [4.78, 5) is 8.37. The van der Waals surface area contributed by atoms with E-state index in [0.717, 1.165) is 17.2 Å². The Morgan fingerprint density at radius 3 is 2.67 bits per heavy atom. The molecule has 2 bridgehead atoms. The first kappa shape index (κ1) is 11.8. The van der Waals surface area contributed by atoms with Crippen molar-refractivity contribution in [2.24, 2.45) is 5.92 Å². The molecule has 104 valence electrons. The summed E-state index contributed by atoms with van der Waals surface area (Å²) in [5, 5.41) is 1.55. The Balaban J connectivity index is 1.77. The molecular formula is C17H14ClN3. The van der Waals surface area contributed by atoms with E-state index in [2.05, 4.69) is 45.0 Å². The molecule has 3 nitrogen and oxygen atoms in total. The lowest BCUT2D eigenvalue weighted by molar-refractivity contribution is -0.0854. The topological polar surface area (TPSA) is 30.7 Å². The fraction of sp³-hybridized carbons (Fsp3) is 0.294. The van der Waals surface area contributed by atoms with Crippen LogP contribution in [0.3, 0.4) is 0 Å². The van der Waals surface area contributed by atoms with Crippen molar-refractivity contribution < 1.29 is 0 Å². The van der Waals surface area contributed by atoms with E-state index in [0.29, 0.717) is 10.8 Å². The van der Waals surface area contributed by atoms with Crippen molar-refractivity contribution in [3.8, 4) is 11.3 Å². The highest BCUT2D eigenvalue weighted by Gasteiger charge is 2.58. The molecule has 3 saturated carbocycles. The summed E-state index contributed by atoms with van der Waals surface area (Å²) in [5.41, 5.74) is 3.73. The monoisotopic (exact) mass is 295 g/mol.